The highest BCUT2D eigenvalue weighted by Crippen LogP contribution is 2.24. The van der Waals surface area contributed by atoms with E-state index in [4.69, 9.17) is 10.9 Å². The number of nitrogens with two attached hydrogens (primary N) is 1. The van der Waals surface area contributed by atoms with Crippen LogP contribution in [0.5, 0.6) is 0 Å². The second-order valence-corrected chi connectivity index (χ2v) is 4.93. The first kappa shape index (κ1) is 12.9. The van der Waals surface area contributed by atoms with Crippen LogP contribution in [0.15, 0.2) is 5.16 Å². The van der Waals surface area contributed by atoms with Gasteiger partial charge in [-0.3, -0.25) is 0 Å². The number of rotatable bonds is 5. The first-order chi connectivity index (χ1) is 7.54. The van der Waals surface area contributed by atoms with Crippen molar-refractivity contribution in [1.29, 1.82) is 0 Å². The predicted molar refractivity (Wildman–Crippen MR) is 66.0 cm³/mol. The highest BCUT2D eigenvalue weighted by Gasteiger charge is 2.12. The van der Waals surface area contributed by atoms with E-state index in [0.29, 0.717) is 13.0 Å². The maximum atomic E-state index is 8.39. The third-order valence-electron chi connectivity index (χ3n) is 2.29. The van der Waals surface area contributed by atoms with E-state index in [-0.39, 0.29) is 11.9 Å². The highest BCUT2D eigenvalue weighted by molar-refractivity contribution is 7.11. The quantitative estimate of drug-likeness (QED) is 0.316. The van der Waals surface area contributed by atoms with Crippen molar-refractivity contribution in [3.8, 4) is 0 Å². The van der Waals surface area contributed by atoms with Crippen LogP contribution in [-0.2, 0) is 0 Å². The summed E-state index contributed by atoms with van der Waals surface area (Å²) in [5.41, 5.74) is 6.46. The van der Waals surface area contributed by atoms with Gasteiger partial charge in [-0.05, 0) is 20.8 Å². The molecule has 0 bridgehead atoms. The summed E-state index contributed by atoms with van der Waals surface area (Å²) in [6.45, 7) is 6.80. The summed E-state index contributed by atoms with van der Waals surface area (Å²) in [6.07, 6.45) is 0.539. The molecule has 5 nitrogen and oxygen atoms in total. The summed E-state index contributed by atoms with van der Waals surface area (Å²) in [7, 11) is 0. The number of hydrogen-bond acceptors (Lipinski definition) is 5. The Kier molecular flexibility index (Phi) is 4.70. The molecule has 0 aromatic carbocycles. The Morgan fingerprint density at radius 1 is 1.62 bits per heavy atom. The number of aromatic nitrogens is 1. The number of aryl methyl sites for hydroxylation is 2. The zero-order valence-electron chi connectivity index (χ0n) is 9.82. The Morgan fingerprint density at radius 2 is 2.31 bits per heavy atom. The molecule has 0 amide bonds. The van der Waals surface area contributed by atoms with Crippen molar-refractivity contribution in [2.24, 2.45) is 10.9 Å². The largest absolute Gasteiger partial charge is 0.409 e. The van der Waals surface area contributed by atoms with Gasteiger partial charge in [0.2, 0.25) is 0 Å². The Hall–Kier alpha value is -1.14. The Labute approximate surface area is 99.4 Å². The van der Waals surface area contributed by atoms with Gasteiger partial charge in [0.05, 0.1) is 10.7 Å². The molecule has 0 aliphatic rings. The van der Waals surface area contributed by atoms with Crippen LogP contribution in [0.1, 0.15) is 35.0 Å². The van der Waals surface area contributed by atoms with Crippen LogP contribution in [-0.4, -0.2) is 22.6 Å². The number of nitrogens with one attached hydrogen (secondary N) is 1. The summed E-state index contributed by atoms with van der Waals surface area (Å²) >= 11 is 1.70. The fourth-order valence-electron chi connectivity index (χ4n) is 1.51. The first-order valence-electron chi connectivity index (χ1n) is 5.18. The maximum Gasteiger partial charge on any atom is 0.140 e. The van der Waals surface area contributed by atoms with Crippen molar-refractivity contribution < 1.29 is 5.21 Å². The van der Waals surface area contributed by atoms with Gasteiger partial charge in [0, 0.05) is 23.9 Å². The van der Waals surface area contributed by atoms with Crippen molar-refractivity contribution in [3.05, 3.63) is 15.6 Å². The van der Waals surface area contributed by atoms with Crippen molar-refractivity contribution >= 4 is 17.2 Å². The summed E-state index contributed by atoms with van der Waals surface area (Å²) in [6, 6.07) is 0.248. The normalized spacial score (nSPS) is 14.1. The second kappa shape index (κ2) is 5.81. The van der Waals surface area contributed by atoms with Gasteiger partial charge in [0.1, 0.15) is 5.84 Å². The molecule has 0 spiro atoms. The molecule has 1 aromatic heterocycles. The molecule has 1 rings (SSSR count). The first-order valence-corrected chi connectivity index (χ1v) is 6.00. The maximum absolute atomic E-state index is 8.39. The monoisotopic (exact) mass is 242 g/mol. The molecule has 90 valence electrons. The molecular weight excluding hydrogens is 224 g/mol. The van der Waals surface area contributed by atoms with E-state index >= 15 is 0 Å². The van der Waals surface area contributed by atoms with Gasteiger partial charge in [-0.2, -0.15) is 0 Å². The van der Waals surface area contributed by atoms with Gasteiger partial charge < -0.3 is 16.3 Å². The van der Waals surface area contributed by atoms with Gasteiger partial charge in [0.25, 0.3) is 0 Å². The van der Waals surface area contributed by atoms with Gasteiger partial charge >= 0.3 is 0 Å². The fourth-order valence-corrected chi connectivity index (χ4v) is 2.46. The van der Waals surface area contributed by atoms with E-state index in [9.17, 15) is 0 Å². The lowest BCUT2D eigenvalue weighted by Gasteiger charge is -2.12. The van der Waals surface area contributed by atoms with E-state index in [1.807, 2.05) is 13.8 Å². The molecule has 16 heavy (non-hydrogen) atoms. The average Bonchev–Trinajstić information content (AvgIpc) is 2.57. The average molecular weight is 242 g/mol. The van der Waals surface area contributed by atoms with Crippen molar-refractivity contribution in [2.45, 2.75) is 33.2 Å². The Balaban J connectivity index is 2.47. The summed E-state index contributed by atoms with van der Waals surface area (Å²) in [5.74, 6) is 0.247. The third-order valence-corrected chi connectivity index (χ3v) is 3.55. The molecule has 4 N–H and O–H groups in total. The van der Waals surface area contributed by atoms with Crippen LogP contribution in [0.4, 0.5) is 0 Å². The lowest BCUT2D eigenvalue weighted by atomic mass is 10.2. The van der Waals surface area contributed by atoms with Crippen molar-refractivity contribution in [2.75, 3.05) is 6.54 Å². The van der Waals surface area contributed by atoms with Crippen molar-refractivity contribution in [3.63, 3.8) is 0 Å². The van der Waals surface area contributed by atoms with E-state index in [1.54, 1.807) is 11.3 Å². The minimum Gasteiger partial charge on any atom is -0.409 e. The molecular formula is C10H18N4OS. The van der Waals surface area contributed by atoms with Gasteiger partial charge in [-0.25, -0.2) is 4.98 Å². The van der Waals surface area contributed by atoms with E-state index < -0.39 is 0 Å². The molecule has 1 unspecified atom stereocenters. The second-order valence-electron chi connectivity index (χ2n) is 3.70. The minimum atomic E-state index is 0.247. The van der Waals surface area contributed by atoms with Gasteiger partial charge in [-0.15, -0.1) is 11.3 Å². The Morgan fingerprint density at radius 3 is 2.81 bits per heavy atom. The van der Waals surface area contributed by atoms with Gasteiger partial charge in [0.15, 0.2) is 0 Å². The van der Waals surface area contributed by atoms with Crippen LogP contribution in [0.2, 0.25) is 0 Å². The zero-order chi connectivity index (χ0) is 12.1. The number of nitrogens with zero attached hydrogens (tertiary/aromatic N) is 2. The SMILES string of the molecule is Cc1nc(C)c(C(C)NCCC(N)=NO)s1. The number of thiazole rings is 1. The van der Waals surface area contributed by atoms with Crippen LogP contribution in [0.25, 0.3) is 0 Å². The number of oxime groups is 1. The Bertz CT molecular complexity index is 375. The van der Waals surface area contributed by atoms with Crippen LogP contribution in [0.3, 0.4) is 0 Å². The van der Waals surface area contributed by atoms with Crippen molar-refractivity contribution in [1.82, 2.24) is 10.3 Å². The van der Waals surface area contributed by atoms with Gasteiger partial charge in [-0.1, -0.05) is 5.16 Å². The highest BCUT2D eigenvalue weighted by atomic mass is 32.1. The molecule has 0 aliphatic carbocycles. The smallest absolute Gasteiger partial charge is 0.140 e. The van der Waals surface area contributed by atoms with E-state index in [2.05, 4.69) is 22.4 Å². The molecule has 1 atom stereocenters. The zero-order valence-corrected chi connectivity index (χ0v) is 10.6. The topological polar surface area (TPSA) is 83.5 Å². The van der Waals surface area contributed by atoms with Crippen LogP contribution in [0, 0.1) is 13.8 Å². The summed E-state index contributed by atoms with van der Waals surface area (Å²) < 4.78 is 0. The summed E-state index contributed by atoms with van der Waals surface area (Å²) in [4.78, 5) is 5.63. The minimum absolute atomic E-state index is 0.247. The molecule has 1 aromatic rings. The number of amidine groups is 1. The molecule has 0 fully saturated rings. The van der Waals surface area contributed by atoms with Crippen LogP contribution >= 0.6 is 11.3 Å². The molecule has 6 heteroatoms. The molecule has 0 radical (unpaired) electrons. The van der Waals surface area contributed by atoms with E-state index in [0.717, 1.165) is 10.7 Å². The van der Waals surface area contributed by atoms with Crippen LogP contribution < -0.4 is 11.1 Å². The molecule has 0 saturated carbocycles. The lowest BCUT2D eigenvalue weighted by molar-refractivity contribution is 0.316. The molecule has 0 saturated heterocycles. The third kappa shape index (κ3) is 3.46. The summed E-state index contributed by atoms with van der Waals surface area (Å²) in [5, 5.41) is 15.7. The molecule has 1 heterocycles. The number of hydrogen-bond donors (Lipinski definition) is 3. The van der Waals surface area contributed by atoms with E-state index in [1.165, 1.54) is 4.88 Å². The fraction of sp³-hybridized carbons (Fsp3) is 0.600. The standard InChI is InChI=1S/C10H18N4OS/c1-6(12-5-4-9(11)14-15)10-7(2)13-8(3)16-10/h6,12,15H,4-5H2,1-3H3,(H2,11,14). The predicted octanol–water partition coefficient (Wildman–Crippen LogP) is 1.55. The molecule has 0 aliphatic heterocycles. The lowest BCUT2D eigenvalue weighted by Crippen LogP contribution is -2.24.